The Hall–Kier alpha value is -1.12. The molecule has 0 aliphatic rings. The second-order valence-corrected chi connectivity index (χ2v) is 6.28. The number of aromatic nitrogens is 2. The van der Waals surface area contributed by atoms with Crippen molar-refractivity contribution >= 4 is 5.78 Å². The molecule has 0 N–H and O–H groups in total. The highest BCUT2D eigenvalue weighted by Crippen LogP contribution is 2.28. The number of Topliss-reactive ketones (excluding diaryl/α,β-unsaturated/α-hetero) is 1. The lowest BCUT2D eigenvalue weighted by molar-refractivity contribution is -0.120. The maximum Gasteiger partial charge on any atom is 0.139 e. The molecule has 0 radical (unpaired) electrons. The first-order valence-corrected chi connectivity index (χ1v) is 6.79. The van der Waals surface area contributed by atoms with Gasteiger partial charge in [0.2, 0.25) is 0 Å². The van der Waals surface area contributed by atoms with Gasteiger partial charge in [-0.05, 0) is 31.2 Å². The second kappa shape index (κ2) is 5.68. The Balaban J connectivity index is 2.65. The molecule has 1 aromatic rings. The molecule has 3 nitrogen and oxygen atoms in total. The molecule has 0 saturated heterocycles. The highest BCUT2D eigenvalue weighted by molar-refractivity contribution is 5.80. The third kappa shape index (κ3) is 3.97. The Bertz CT molecular complexity index is 413. The van der Waals surface area contributed by atoms with Gasteiger partial charge < -0.3 is 0 Å². The van der Waals surface area contributed by atoms with Gasteiger partial charge in [0.15, 0.2) is 0 Å². The second-order valence-electron chi connectivity index (χ2n) is 6.28. The summed E-state index contributed by atoms with van der Waals surface area (Å²) in [5.74, 6) is 0.719. The number of hydrogen-bond acceptors (Lipinski definition) is 2. The molecule has 0 amide bonds. The summed E-state index contributed by atoms with van der Waals surface area (Å²) >= 11 is 0. The van der Waals surface area contributed by atoms with Gasteiger partial charge in [-0.1, -0.05) is 27.7 Å². The van der Waals surface area contributed by atoms with Gasteiger partial charge in [0, 0.05) is 25.1 Å². The average molecular weight is 250 g/mol. The summed E-state index contributed by atoms with van der Waals surface area (Å²) in [6.45, 7) is 13.6. The van der Waals surface area contributed by atoms with Crippen molar-refractivity contribution in [3.63, 3.8) is 0 Å². The zero-order valence-electron chi connectivity index (χ0n) is 12.6. The van der Waals surface area contributed by atoms with E-state index in [4.69, 9.17) is 0 Å². The lowest BCUT2D eigenvalue weighted by atomic mass is 9.79. The standard InChI is InChI=1S/C15H26N2O/c1-7-17-13(9-12(3)16-17)10-14(18)8-11(2)15(4,5)6/h9,11H,7-8,10H2,1-6H3. The van der Waals surface area contributed by atoms with Crippen LogP contribution < -0.4 is 0 Å². The van der Waals surface area contributed by atoms with E-state index in [2.05, 4.69) is 39.7 Å². The first-order valence-electron chi connectivity index (χ1n) is 6.79. The number of hydrogen-bond donors (Lipinski definition) is 0. The molecule has 1 rings (SSSR count). The van der Waals surface area contributed by atoms with E-state index in [-0.39, 0.29) is 5.41 Å². The highest BCUT2D eigenvalue weighted by atomic mass is 16.1. The Morgan fingerprint density at radius 3 is 2.56 bits per heavy atom. The van der Waals surface area contributed by atoms with Crippen LogP contribution in [0.25, 0.3) is 0 Å². The molecule has 0 fully saturated rings. The predicted octanol–water partition coefficient (Wildman–Crippen LogP) is 3.40. The van der Waals surface area contributed by atoms with Gasteiger partial charge in [-0.3, -0.25) is 9.48 Å². The van der Waals surface area contributed by atoms with E-state index in [0.29, 0.717) is 24.5 Å². The van der Waals surface area contributed by atoms with Crippen LogP contribution in [0.1, 0.15) is 52.4 Å². The summed E-state index contributed by atoms with van der Waals surface area (Å²) in [5, 5.41) is 4.37. The Labute approximate surface area is 111 Å². The van der Waals surface area contributed by atoms with Crippen molar-refractivity contribution in [2.24, 2.45) is 11.3 Å². The van der Waals surface area contributed by atoms with Crippen molar-refractivity contribution in [1.82, 2.24) is 9.78 Å². The van der Waals surface area contributed by atoms with E-state index in [1.54, 1.807) is 0 Å². The van der Waals surface area contributed by atoms with E-state index >= 15 is 0 Å². The molecule has 0 spiro atoms. The van der Waals surface area contributed by atoms with Crippen molar-refractivity contribution in [3.8, 4) is 0 Å². The Kier molecular flexibility index (Phi) is 4.71. The number of carbonyl (C=O) groups excluding carboxylic acids is 1. The summed E-state index contributed by atoms with van der Waals surface area (Å²) in [6, 6.07) is 2.02. The minimum atomic E-state index is 0.191. The quantitative estimate of drug-likeness (QED) is 0.803. The molecule has 0 aliphatic carbocycles. The van der Waals surface area contributed by atoms with Gasteiger partial charge in [0.1, 0.15) is 5.78 Å². The maximum atomic E-state index is 12.1. The fourth-order valence-corrected chi connectivity index (χ4v) is 1.94. The van der Waals surface area contributed by atoms with Crippen LogP contribution >= 0.6 is 0 Å². The monoisotopic (exact) mass is 250 g/mol. The van der Waals surface area contributed by atoms with Crippen LogP contribution in [0.4, 0.5) is 0 Å². The van der Waals surface area contributed by atoms with Gasteiger partial charge in [-0.25, -0.2) is 0 Å². The number of rotatable bonds is 5. The predicted molar refractivity (Wildman–Crippen MR) is 74.6 cm³/mol. The topological polar surface area (TPSA) is 34.9 Å². The van der Waals surface area contributed by atoms with E-state index in [0.717, 1.165) is 17.9 Å². The van der Waals surface area contributed by atoms with Gasteiger partial charge in [-0.15, -0.1) is 0 Å². The van der Waals surface area contributed by atoms with Crippen molar-refractivity contribution in [2.75, 3.05) is 0 Å². The maximum absolute atomic E-state index is 12.1. The lowest BCUT2D eigenvalue weighted by Crippen LogP contribution is -2.21. The Morgan fingerprint density at radius 1 is 1.44 bits per heavy atom. The smallest absolute Gasteiger partial charge is 0.139 e. The molecule has 0 saturated carbocycles. The summed E-state index contributed by atoms with van der Waals surface area (Å²) in [5.41, 5.74) is 2.22. The molecular weight excluding hydrogens is 224 g/mol. The van der Waals surface area contributed by atoms with Gasteiger partial charge in [-0.2, -0.15) is 5.10 Å². The van der Waals surface area contributed by atoms with Gasteiger partial charge >= 0.3 is 0 Å². The number of carbonyl (C=O) groups is 1. The van der Waals surface area contributed by atoms with Crippen LogP contribution in [0.2, 0.25) is 0 Å². The molecule has 0 aromatic carbocycles. The first-order chi connectivity index (χ1) is 8.24. The van der Waals surface area contributed by atoms with E-state index < -0.39 is 0 Å². The fourth-order valence-electron chi connectivity index (χ4n) is 1.94. The summed E-state index contributed by atoms with van der Waals surface area (Å²) in [6.07, 6.45) is 1.16. The minimum Gasteiger partial charge on any atom is -0.299 e. The molecule has 0 aliphatic heterocycles. The summed E-state index contributed by atoms with van der Waals surface area (Å²) < 4.78 is 1.93. The minimum absolute atomic E-state index is 0.191. The van der Waals surface area contributed by atoms with Crippen molar-refractivity contribution < 1.29 is 4.79 Å². The van der Waals surface area contributed by atoms with Crippen LogP contribution in [-0.2, 0) is 17.8 Å². The molecule has 0 bridgehead atoms. The van der Waals surface area contributed by atoms with E-state index in [9.17, 15) is 4.79 Å². The third-order valence-electron chi connectivity index (χ3n) is 3.68. The largest absolute Gasteiger partial charge is 0.299 e. The zero-order chi connectivity index (χ0) is 13.9. The van der Waals surface area contributed by atoms with Crippen LogP contribution in [0.3, 0.4) is 0 Å². The summed E-state index contributed by atoms with van der Waals surface area (Å²) in [7, 11) is 0. The molecule has 1 atom stereocenters. The van der Waals surface area contributed by atoms with Gasteiger partial charge in [0.05, 0.1) is 5.69 Å². The molecule has 1 heterocycles. The zero-order valence-corrected chi connectivity index (χ0v) is 12.6. The summed E-state index contributed by atoms with van der Waals surface area (Å²) in [4.78, 5) is 12.1. The first kappa shape index (κ1) is 14.9. The molecule has 1 aromatic heterocycles. The van der Waals surface area contributed by atoms with Crippen LogP contribution in [-0.4, -0.2) is 15.6 Å². The lowest BCUT2D eigenvalue weighted by Gasteiger charge is -2.26. The molecule has 1 unspecified atom stereocenters. The normalized spacial score (nSPS) is 13.7. The van der Waals surface area contributed by atoms with Gasteiger partial charge in [0.25, 0.3) is 0 Å². The van der Waals surface area contributed by atoms with Crippen molar-refractivity contribution in [2.45, 2.75) is 60.9 Å². The van der Waals surface area contributed by atoms with Crippen LogP contribution in [0, 0.1) is 18.3 Å². The fraction of sp³-hybridized carbons (Fsp3) is 0.733. The van der Waals surface area contributed by atoms with Crippen molar-refractivity contribution in [3.05, 3.63) is 17.5 Å². The Morgan fingerprint density at radius 2 is 2.06 bits per heavy atom. The molecule has 18 heavy (non-hydrogen) atoms. The molecular formula is C15H26N2O. The molecule has 3 heteroatoms. The number of nitrogens with zero attached hydrogens (tertiary/aromatic N) is 2. The van der Waals surface area contributed by atoms with Crippen LogP contribution in [0.15, 0.2) is 6.07 Å². The number of aryl methyl sites for hydroxylation is 2. The van der Waals surface area contributed by atoms with E-state index in [1.807, 2.05) is 17.7 Å². The molecule has 102 valence electrons. The van der Waals surface area contributed by atoms with Crippen molar-refractivity contribution in [1.29, 1.82) is 0 Å². The SMILES string of the molecule is CCn1nc(C)cc1CC(=O)CC(C)C(C)(C)C. The van der Waals surface area contributed by atoms with Crippen LogP contribution in [0.5, 0.6) is 0 Å². The number of ketones is 1. The average Bonchev–Trinajstić information content (AvgIpc) is 2.56. The van der Waals surface area contributed by atoms with E-state index in [1.165, 1.54) is 0 Å². The highest BCUT2D eigenvalue weighted by Gasteiger charge is 2.23. The third-order valence-corrected chi connectivity index (χ3v) is 3.68.